The fourth-order valence-corrected chi connectivity index (χ4v) is 3.32. The van der Waals surface area contributed by atoms with Crippen LogP contribution in [-0.4, -0.2) is 26.5 Å². The SMILES string of the molecule is CCC(C)(C)NS(=O)(=O)c1ccc(CCNC(C)C)cc1. The molecule has 0 fully saturated rings. The summed E-state index contributed by atoms with van der Waals surface area (Å²) in [7, 11) is -3.45. The molecule has 0 aromatic heterocycles. The zero-order chi connectivity index (χ0) is 16.1. The van der Waals surface area contributed by atoms with E-state index in [1.807, 2.05) is 32.9 Å². The number of benzene rings is 1. The Morgan fingerprint density at radius 1 is 1.14 bits per heavy atom. The van der Waals surface area contributed by atoms with Gasteiger partial charge >= 0.3 is 0 Å². The average molecular weight is 312 g/mol. The van der Waals surface area contributed by atoms with Gasteiger partial charge in [0.25, 0.3) is 0 Å². The van der Waals surface area contributed by atoms with Crippen LogP contribution in [0.3, 0.4) is 0 Å². The van der Waals surface area contributed by atoms with Gasteiger partial charge in [0.15, 0.2) is 0 Å². The molecular weight excluding hydrogens is 284 g/mol. The highest BCUT2D eigenvalue weighted by atomic mass is 32.2. The molecule has 0 aliphatic rings. The summed E-state index contributed by atoms with van der Waals surface area (Å²) < 4.78 is 27.3. The van der Waals surface area contributed by atoms with Gasteiger partial charge in [-0.05, 0) is 50.9 Å². The first kappa shape index (κ1) is 18.1. The van der Waals surface area contributed by atoms with E-state index >= 15 is 0 Å². The average Bonchev–Trinajstić information content (AvgIpc) is 2.38. The Kier molecular flexibility index (Phi) is 6.38. The third-order valence-corrected chi connectivity index (χ3v) is 5.21. The van der Waals surface area contributed by atoms with Crippen LogP contribution in [-0.2, 0) is 16.4 Å². The number of hydrogen-bond donors (Lipinski definition) is 2. The number of nitrogens with one attached hydrogen (secondary N) is 2. The molecule has 0 aliphatic carbocycles. The van der Waals surface area contributed by atoms with E-state index in [1.54, 1.807) is 12.1 Å². The van der Waals surface area contributed by atoms with Crippen LogP contribution < -0.4 is 10.0 Å². The molecule has 0 aliphatic heterocycles. The maximum absolute atomic E-state index is 12.3. The van der Waals surface area contributed by atoms with Crippen molar-refractivity contribution in [2.45, 2.75) is 63.9 Å². The van der Waals surface area contributed by atoms with Crippen molar-refractivity contribution in [2.75, 3.05) is 6.54 Å². The minimum absolute atomic E-state index is 0.324. The van der Waals surface area contributed by atoms with Gasteiger partial charge in [-0.25, -0.2) is 13.1 Å². The summed E-state index contributed by atoms with van der Waals surface area (Å²) in [6, 6.07) is 7.59. The van der Waals surface area contributed by atoms with E-state index in [4.69, 9.17) is 0 Å². The highest BCUT2D eigenvalue weighted by Crippen LogP contribution is 2.16. The quantitative estimate of drug-likeness (QED) is 0.776. The van der Waals surface area contributed by atoms with Crippen molar-refractivity contribution < 1.29 is 8.42 Å². The molecule has 0 unspecified atom stereocenters. The highest BCUT2D eigenvalue weighted by molar-refractivity contribution is 7.89. The maximum Gasteiger partial charge on any atom is 0.241 e. The number of sulfonamides is 1. The van der Waals surface area contributed by atoms with Crippen molar-refractivity contribution in [3.63, 3.8) is 0 Å². The number of hydrogen-bond acceptors (Lipinski definition) is 3. The molecule has 0 bridgehead atoms. The Balaban J connectivity index is 2.73. The first-order chi connectivity index (χ1) is 9.66. The van der Waals surface area contributed by atoms with Gasteiger partial charge in [-0.15, -0.1) is 0 Å². The molecule has 120 valence electrons. The van der Waals surface area contributed by atoms with Crippen LogP contribution >= 0.6 is 0 Å². The molecule has 1 aromatic carbocycles. The summed E-state index contributed by atoms with van der Waals surface area (Å²) in [4.78, 5) is 0.324. The van der Waals surface area contributed by atoms with Crippen LogP contribution in [0.1, 0.15) is 46.6 Å². The van der Waals surface area contributed by atoms with Crippen molar-refractivity contribution in [3.05, 3.63) is 29.8 Å². The summed E-state index contributed by atoms with van der Waals surface area (Å²) in [5.41, 5.74) is 0.704. The second-order valence-corrected chi connectivity index (χ2v) is 8.03. The van der Waals surface area contributed by atoms with Crippen molar-refractivity contribution in [3.8, 4) is 0 Å². The van der Waals surface area contributed by atoms with Gasteiger partial charge in [-0.1, -0.05) is 32.9 Å². The van der Waals surface area contributed by atoms with Crippen LogP contribution in [0.5, 0.6) is 0 Å². The zero-order valence-corrected chi connectivity index (χ0v) is 14.5. The van der Waals surface area contributed by atoms with Gasteiger partial charge in [0.2, 0.25) is 10.0 Å². The summed E-state index contributed by atoms with van der Waals surface area (Å²) in [5.74, 6) is 0. The molecule has 21 heavy (non-hydrogen) atoms. The predicted molar refractivity (Wildman–Crippen MR) is 88.0 cm³/mol. The van der Waals surface area contributed by atoms with Crippen molar-refractivity contribution in [2.24, 2.45) is 0 Å². The summed E-state index contributed by atoms with van der Waals surface area (Å²) >= 11 is 0. The molecule has 0 saturated heterocycles. The van der Waals surface area contributed by atoms with Gasteiger partial charge in [-0.3, -0.25) is 0 Å². The molecule has 2 N–H and O–H groups in total. The first-order valence-corrected chi connectivity index (χ1v) is 9.01. The zero-order valence-electron chi connectivity index (χ0n) is 13.7. The monoisotopic (exact) mass is 312 g/mol. The van der Waals surface area contributed by atoms with E-state index in [9.17, 15) is 8.42 Å². The summed E-state index contributed by atoms with van der Waals surface area (Å²) in [5, 5.41) is 3.35. The van der Waals surface area contributed by atoms with Crippen LogP contribution in [0.2, 0.25) is 0 Å². The molecule has 1 aromatic rings. The Hall–Kier alpha value is -0.910. The molecule has 0 heterocycles. The van der Waals surface area contributed by atoms with Crippen LogP contribution in [0, 0.1) is 0 Å². The largest absolute Gasteiger partial charge is 0.314 e. The lowest BCUT2D eigenvalue weighted by Crippen LogP contribution is -2.42. The normalized spacial score (nSPS) is 12.9. The van der Waals surface area contributed by atoms with Gasteiger partial charge in [-0.2, -0.15) is 0 Å². The van der Waals surface area contributed by atoms with E-state index in [0.717, 1.165) is 24.9 Å². The smallest absolute Gasteiger partial charge is 0.241 e. The molecule has 4 nitrogen and oxygen atoms in total. The fraction of sp³-hybridized carbons (Fsp3) is 0.625. The molecule has 0 spiro atoms. The third kappa shape index (κ3) is 6.16. The molecule has 0 radical (unpaired) electrons. The van der Waals surface area contributed by atoms with Gasteiger partial charge in [0.1, 0.15) is 0 Å². The Bertz CT molecular complexity index is 534. The molecule has 0 atom stereocenters. The lowest BCUT2D eigenvalue weighted by molar-refractivity contribution is 0.439. The van der Waals surface area contributed by atoms with Crippen molar-refractivity contribution >= 4 is 10.0 Å². The predicted octanol–water partition coefficient (Wildman–Crippen LogP) is 2.69. The standard InChI is InChI=1S/C16H28N2O2S/c1-6-16(4,5)18-21(19,20)15-9-7-14(8-10-15)11-12-17-13(2)3/h7-10,13,17-18H,6,11-12H2,1-5H3. The van der Waals surface area contributed by atoms with Gasteiger partial charge < -0.3 is 5.32 Å². The van der Waals surface area contributed by atoms with Crippen LogP contribution in [0.4, 0.5) is 0 Å². The maximum atomic E-state index is 12.3. The van der Waals surface area contributed by atoms with E-state index in [-0.39, 0.29) is 0 Å². The molecular formula is C16H28N2O2S. The topological polar surface area (TPSA) is 58.2 Å². The van der Waals surface area contributed by atoms with E-state index < -0.39 is 15.6 Å². The molecule has 5 heteroatoms. The van der Waals surface area contributed by atoms with E-state index in [0.29, 0.717) is 10.9 Å². The molecule has 1 rings (SSSR count). The minimum Gasteiger partial charge on any atom is -0.314 e. The van der Waals surface area contributed by atoms with Gasteiger partial charge in [0.05, 0.1) is 4.90 Å². The minimum atomic E-state index is -3.45. The Labute approximate surface area is 129 Å². The molecule has 0 amide bonds. The van der Waals surface area contributed by atoms with E-state index in [2.05, 4.69) is 23.9 Å². The first-order valence-electron chi connectivity index (χ1n) is 7.52. The lowest BCUT2D eigenvalue weighted by Gasteiger charge is -2.24. The summed E-state index contributed by atoms with van der Waals surface area (Å²) in [6.45, 7) is 10.8. The molecule has 0 saturated carbocycles. The fourth-order valence-electron chi connectivity index (χ4n) is 1.84. The third-order valence-electron chi connectivity index (χ3n) is 3.49. The van der Waals surface area contributed by atoms with Crippen molar-refractivity contribution in [1.82, 2.24) is 10.0 Å². The van der Waals surface area contributed by atoms with Crippen molar-refractivity contribution in [1.29, 1.82) is 0 Å². The van der Waals surface area contributed by atoms with Crippen LogP contribution in [0.15, 0.2) is 29.2 Å². The highest BCUT2D eigenvalue weighted by Gasteiger charge is 2.24. The van der Waals surface area contributed by atoms with Crippen LogP contribution in [0.25, 0.3) is 0 Å². The van der Waals surface area contributed by atoms with E-state index in [1.165, 1.54) is 0 Å². The second-order valence-electron chi connectivity index (χ2n) is 6.35. The Morgan fingerprint density at radius 2 is 1.71 bits per heavy atom. The Morgan fingerprint density at radius 3 is 2.19 bits per heavy atom. The lowest BCUT2D eigenvalue weighted by atomic mass is 10.0. The second kappa shape index (κ2) is 7.38. The van der Waals surface area contributed by atoms with Gasteiger partial charge in [0, 0.05) is 11.6 Å². The number of rotatable bonds is 8. The summed E-state index contributed by atoms with van der Waals surface area (Å²) in [6.07, 6.45) is 1.64.